The van der Waals surface area contributed by atoms with Crippen molar-refractivity contribution < 1.29 is 9.90 Å². The first-order valence-electron chi connectivity index (χ1n) is 6.32. The van der Waals surface area contributed by atoms with Crippen molar-refractivity contribution in [2.45, 2.75) is 32.1 Å². The lowest BCUT2D eigenvalue weighted by molar-refractivity contribution is -0.137. The van der Waals surface area contributed by atoms with Crippen molar-refractivity contribution in [1.82, 2.24) is 0 Å². The van der Waals surface area contributed by atoms with Gasteiger partial charge in [0.15, 0.2) is 0 Å². The quantitative estimate of drug-likeness (QED) is 0.795. The molecule has 1 aromatic rings. The first-order chi connectivity index (χ1) is 8.27. The molecule has 0 unspecified atom stereocenters. The van der Waals surface area contributed by atoms with Gasteiger partial charge in [0.2, 0.25) is 0 Å². The van der Waals surface area contributed by atoms with Gasteiger partial charge in [0, 0.05) is 25.2 Å². The van der Waals surface area contributed by atoms with Gasteiger partial charge in [-0.2, -0.15) is 0 Å². The predicted octanol–water partition coefficient (Wildman–Crippen LogP) is 2.69. The van der Waals surface area contributed by atoms with Gasteiger partial charge in [-0.25, -0.2) is 0 Å². The Morgan fingerprint density at radius 1 is 1.29 bits per heavy atom. The summed E-state index contributed by atoms with van der Waals surface area (Å²) in [6.07, 6.45) is 4.39. The number of aryl methyl sites for hydroxylation is 1. The average molecular weight is 233 g/mol. The van der Waals surface area contributed by atoms with E-state index in [1.54, 1.807) is 0 Å². The Morgan fingerprint density at radius 3 is 2.94 bits per heavy atom. The number of hydrogen-bond acceptors (Lipinski definition) is 2. The van der Waals surface area contributed by atoms with Crippen LogP contribution >= 0.6 is 0 Å². The third kappa shape index (κ3) is 3.22. The second kappa shape index (κ2) is 5.71. The number of rotatable bonds is 5. The number of benzene rings is 1. The van der Waals surface area contributed by atoms with Crippen LogP contribution in [0.2, 0.25) is 0 Å². The summed E-state index contributed by atoms with van der Waals surface area (Å²) >= 11 is 0. The monoisotopic (exact) mass is 233 g/mol. The number of fused-ring (bicyclic) bond motifs is 1. The van der Waals surface area contributed by atoms with Crippen molar-refractivity contribution in [3.8, 4) is 0 Å². The molecule has 3 nitrogen and oxygen atoms in total. The Balaban J connectivity index is 1.88. The van der Waals surface area contributed by atoms with Gasteiger partial charge in [0.25, 0.3) is 0 Å². The van der Waals surface area contributed by atoms with Crippen molar-refractivity contribution in [2.24, 2.45) is 0 Å². The average Bonchev–Trinajstić information content (AvgIpc) is 2.34. The maximum absolute atomic E-state index is 10.4. The third-order valence-corrected chi connectivity index (χ3v) is 3.28. The van der Waals surface area contributed by atoms with Gasteiger partial charge >= 0.3 is 5.97 Å². The molecular formula is C14H19NO2. The highest BCUT2D eigenvalue weighted by molar-refractivity contribution is 5.66. The zero-order valence-corrected chi connectivity index (χ0v) is 10.1. The number of carboxylic acid groups (broad SMARTS) is 1. The molecule has 0 atom stereocenters. The summed E-state index contributed by atoms with van der Waals surface area (Å²) in [7, 11) is 0. The summed E-state index contributed by atoms with van der Waals surface area (Å²) in [4.78, 5) is 12.8. The lowest BCUT2D eigenvalue weighted by atomic mass is 10.0. The van der Waals surface area contributed by atoms with Crippen LogP contribution in [0.25, 0.3) is 0 Å². The normalized spacial score (nSPS) is 14.5. The fourth-order valence-corrected chi connectivity index (χ4v) is 2.42. The molecule has 2 rings (SSSR count). The molecule has 0 amide bonds. The SMILES string of the molecule is O=C(O)CCCCN1CCCc2ccccc21. The van der Waals surface area contributed by atoms with E-state index < -0.39 is 5.97 Å². The second-order valence-electron chi connectivity index (χ2n) is 4.57. The topological polar surface area (TPSA) is 40.5 Å². The number of para-hydroxylation sites is 1. The molecule has 0 bridgehead atoms. The van der Waals surface area contributed by atoms with Crippen LogP contribution in [0.4, 0.5) is 5.69 Å². The summed E-state index contributed by atoms with van der Waals surface area (Å²) in [5.41, 5.74) is 2.77. The highest BCUT2D eigenvalue weighted by Crippen LogP contribution is 2.26. The molecule has 0 saturated heterocycles. The van der Waals surface area contributed by atoms with Gasteiger partial charge in [-0.05, 0) is 37.3 Å². The molecule has 1 aliphatic rings. The number of hydrogen-bond donors (Lipinski definition) is 1. The van der Waals surface area contributed by atoms with Crippen LogP contribution in [0.15, 0.2) is 24.3 Å². The van der Waals surface area contributed by atoms with E-state index in [1.165, 1.54) is 24.1 Å². The van der Waals surface area contributed by atoms with E-state index in [1.807, 2.05) is 0 Å². The van der Waals surface area contributed by atoms with E-state index in [2.05, 4.69) is 29.2 Å². The molecule has 3 heteroatoms. The predicted molar refractivity (Wildman–Crippen MR) is 68.5 cm³/mol. The third-order valence-electron chi connectivity index (χ3n) is 3.28. The first-order valence-corrected chi connectivity index (χ1v) is 6.32. The van der Waals surface area contributed by atoms with Gasteiger partial charge in [-0.3, -0.25) is 4.79 Å². The maximum Gasteiger partial charge on any atom is 0.303 e. The number of aliphatic carboxylic acids is 1. The summed E-state index contributed by atoms with van der Waals surface area (Å²) in [5.74, 6) is -0.691. The number of nitrogens with zero attached hydrogens (tertiary/aromatic N) is 1. The summed E-state index contributed by atoms with van der Waals surface area (Å²) in [6, 6.07) is 8.53. The Hall–Kier alpha value is -1.51. The number of carboxylic acids is 1. The molecule has 0 saturated carbocycles. The molecular weight excluding hydrogens is 214 g/mol. The molecule has 0 aliphatic carbocycles. The standard InChI is InChI=1S/C14H19NO2/c16-14(17)9-3-4-10-15-11-5-7-12-6-1-2-8-13(12)15/h1-2,6,8H,3-5,7,9-11H2,(H,16,17). The van der Waals surface area contributed by atoms with Crippen molar-refractivity contribution in [2.75, 3.05) is 18.0 Å². The Bertz CT molecular complexity index is 390. The molecule has 0 fully saturated rings. The molecule has 17 heavy (non-hydrogen) atoms. The van der Waals surface area contributed by atoms with Crippen LogP contribution < -0.4 is 4.90 Å². The van der Waals surface area contributed by atoms with Gasteiger partial charge in [-0.1, -0.05) is 18.2 Å². The van der Waals surface area contributed by atoms with Gasteiger partial charge in [0.1, 0.15) is 0 Å². The number of anilines is 1. The van der Waals surface area contributed by atoms with Gasteiger partial charge < -0.3 is 10.0 Å². The van der Waals surface area contributed by atoms with Crippen molar-refractivity contribution in [3.05, 3.63) is 29.8 Å². The minimum Gasteiger partial charge on any atom is -0.481 e. The molecule has 0 radical (unpaired) electrons. The fraction of sp³-hybridized carbons (Fsp3) is 0.500. The minimum atomic E-state index is -0.691. The van der Waals surface area contributed by atoms with E-state index in [-0.39, 0.29) is 6.42 Å². The molecule has 0 aromatic heterocycles. The zero-order chi connectivity index (χ0) is 12.1. The summed E-state index contributed by atoms with van der Waals surface area (Å²) < 4.78 is 0. The molecule has 1 heterocycles. The second-order valence-corrected chi connectivity index (χ2v) is 4.57. The number of carbonyl (C=O) groups is 1. The first kappa shape index (κ1) is 12.0. The minimum absolute atomic E-state index is 0.287. The zero-order valence-electron chi connectivity index (χ0n) is 10.1. The Kier molecular flexibility index (Phi) is 4.02. The molecule has 1 aliphatic heterocycles. The lowest BCUT2D eigenvalue weighted by Gasteiger charge is -2.31. The van der Waals surface area contributed by atoms with Crippen LogP contribution in [0.3, 0.4) is 0 Å². The van der Waals surface area contributed by atoms with E-state index >= 15 is 0 Å². The van der Waals surface area contributed by atoms with Crippen molar-refractivity contribution in [1.29, 1.82) is 0 Å². The maximum atomic E-state index is 10.4. The largest absolute Gasteiger partial charge is 0.481 e. The van der Waals surface area contributed by atoms with Crippen LogP contribution in [0, 0.1) is 0 Å². The van der Waals surface area contributed by atoms with Crippen LogP contribution in [-0.4, -0.2) is 24.2 Å². The van der Waals surface area contributed by atoms with E-state index in [4.69, 9.17) is 5.11 Å². The van der Waals surface area contributed by atoms with Crippen LogP contribution in [0.1, 0.15) is 31.2 Å². The molecule has 92 valence electrons. The van der Waals surface area contributed by atoms with Crippen LogP contribution in [0.5, 0.6) is 0 Å². The Labute approximate surface area is 102 Å². The van der Waals surface area contributed by atoms with Gasteiger partial charge in [0.05, 0.1) is 0 Å². The fourth-order valence-electron chi connectivity index (χ4n) is 2.42. The van der Waals surface area contributed by atoms with E-state index in [0.29, 0.717) is 0 Å². The van der Waals surface area contributed by atoms with E-state index in [9.17, 15) is 4.79 Å². The van der Waals surface area contributed by atoms with Crippen molar-refractivity contribution in [3.63, 3.8) is 0 Å². The highest BCUT2D eigenvalue weighted by Gasteiger charge is 2.15. The molecule has 1 aromatic carbocycles. The van der Waals surface area contributed by atoms with Crippen LogP contribution in [-0.2, 0) is 11.2 Å². The number of unbranched alkanes of at least 4 members (excludes halogenated alkanes) is 1. The highest BCUT2D eigenvalue weighted by atomic mass is 16.4. The molecule has 1 N–H and O–H groups in total. The van der Waals surface area contributed by atoms with E-state index in [0.717, 1.165) is 25.9 Å². The lowest BCUT2D eigenvalue weighted by Crippen LogP contribution is -2.30. The van der Waals surface area contributed by atoms with Gasteiger partial charge in [-0.15, -0.1) is 0 Å². The summed E-state index contributed by atoms with van der Waals surface area (Å²) in [5, 5.41) is 8.59. The molecule has 0 spiro atoms. The smallest absolute Gasteiger partial charge is 0.303 e. The Morgan fingerprint density at radius 2 is 2.12 bits per heavy atom. The van der Waals surface area contributed by atoms with Crippen molar-refractivity contribution >= 4 is 11.7 Å². The summed E-state index contributed by atoms with van der Waals surface area (Å²) in [6.45, 7) is 2.08.